The molecule has 0 amide bonds. The summed E-state index contributed by atoms with van der Waals surface area (Å²) in [5.74, 6) is 0. The van der Waals surface area contributed by atoms with Crippen LogP contribution in [0.15, 0.2) is 0 Å². The predicted molar refractivity (Wildman–Crippen MR) is 49.1 cm³/mol. The van der Waals surface area contributed by atoms with Gasteiger partial charge in [-0.1, -0.05) is 0 Å². The van der Waals surface area contributed by atoms with E-state index in [1.807, 2.05) is 0 Å². The molecule has 0 heterocycles. The minimum atomic E-state index is -5.35. The van der Waals surface area contributed by atoms with Gasteiger partial charge in [0.15, 0.2) is 6.29 Å². The highest BCUT2D eigenvalue weighted by atomic mass is 31.3. The second kappa shape index (κ2) is 6.32. The van der Waals surface area contributed by atoms with Crippen molar-refractivity contribution in [1.82, 2.24) is 0 Å². The van der Waals surface area contributed by atoms with Gasteiger partial charge in [-0.2, -0.15) is 4.31 Å². The summed E-state index contributed by atoms with van der Waals surface area (Å²) in [4.78, 5) is 25.1. The van der Waals surface area contributed by atoms with Crippen LogP contribution in [0.4, 0.5) is 0 Å². The van der Waals surface area contributed by atoms with Crippen LogP contribution in [0.25, 0.3) is 0 Å². The first-order chi connectivity index (χ1) is 7.48. The van der Waals surface area contributed by atoms with E-state index in [0.29, 0.717) is 0 Å². The fourth-order valence-electron chi connectivity index (χ4n) is 0.651. The van der Waals surface area contributed by atoms with Crippen LogP contribution in [-0.4, -0.2) is 60.2 Å². The molecule has 0 fully saturated rings. The molecule has 2 unspecified atom stereocenters. The Morgan fingerprint density at radius 2 is 1.53 bits per heavy atom. The summed E-state index contributed by atoms with van der Waals surface area (Å²) in [6, 6.07) is 0. The molecule has 0 aromatic carbocycles. The second-order valence-corrected chi connectivity index (χ2v) is 5.56. The Bertz CT molecular complexity index is 323. The van der Waals surface area contributed by atoms with E-state index in [2.05, 4.69) is 8.83 Å². The molecular weight excluding hydrogens is 286 g/mol. The van der Waals surface area contributed by atoms with Crippen LogP contribution in [0.2, 0.25) is 0 Å². The van der Waals surface area contributed by atoms with Crippen molar-refractivity contribution in [1.29, 1.82) is 0 Å². The summed E-state index contributed by atoms with van der Waals surface area (Å²) < 4.78 is 28.1. The molecule has 13 heteroatoms. The molecular formula is C4H12O11P2. The van der Waals surface area contributed by atoms with E-state index in [4.69, 9.17) is 35.1 Å². The first kappa shape index (κ1) is 17.1. The van der Waals surface area contributed by atoms with Crippen molar-refractivity contribution in [2.24, 2.45) is 0 Å². The molecule has 0 aromatic heterocycles. The average molecular weight is 298 g/mol. The van der Waals surface area contributed by atoms with E-state index in [1.165, 1.54) is 0 Å². The Morgan fingerprint density at radius 1 is 1.06 bits per heavy atom. The third kappa shape index (κ3) is 7.19. The Kier molecular flexibility index (Phi) is 6.36. The van der Waals surface area contributed by atoms with E-state index >= 15 is 0 Å². The van der Waals surface area contributed by atoms with E-state index in [0.717, 1.165) is 0 Å². The number of aliphatic hydroxyl groups is 4. The average Bonchev–Trinajstić information content (AvgIpc) is 2.10. The SMILES string of the molecule is O=P(O)(O)OP(=O)(O)OC(O)[C@@H](O)[C@H](O)CO. The van der Waals surface area contributed by atoms with Crippen LogP contribution in [0.5, 0.6) is 0 Å². The Labute approximate surface area is 94.7 Å². The third-order valence-electron chi connectivity index (χ3n) is 1.32. The molecule has 17 heavy (non-hydrogen) atoms. The third-order valence-corrected chi connectivity index (χ3v) is 3.48. The van der Waals surface area contributed by atoms with Crippen LogP contribution in [0.3, 0.4) is 0 Å². The summed E-state index contributed by atoms with van der Waals surface area (Å²) in [5, 5.41) is 35.1. The van der Waals surface area contributed by atoms with Gasteiger partial charge in [0.25, 0.3) is 0 Å². The van der Waals surface area contributed by atoms with Gasteiger partial charge in [-0.05, 0) is 0 Å². The van der Waals surface area contributed by atoms with Crippen molar-refractivity contribution in [3.8, 4) is 0 Å². The molecule has 7 N–H and O–H groups in total. The lowest BCUT2D eigenvalue weighted by molar-refractivity contribution is -0.157. The van der Waals surface area contributed by atoms with Gasteiger partial charge in [0.1, 0.15) is 12.2 Å². The highest BCUT2D eigenvalue weighted by Gasteiger charge is 2.38. The number of phosphoric acid groups is 2. The van der Waals surface area contributed by atoms with E-state index in [-0.39, 0.29) is 0 Å². The summed E-state index contributed by atoms with van der Waals surface area (Å²) >= 11 is 0. The Morgan fingerprint density at radius 3 is 1.88 bits per heavy atom. The van der Waals surface area contributed by atoms with Crippen molar-refractivity contribution < 1.29 is 53.1 Å². The first-order valence-corrected chi connectivity index (χ1v) is 6.94. The molecule has 0 rings (SSSR count). The Balaban J connectivity index is 4.52. The fourth-order valence-corrected chi connectivity index (χ4v) is 2.28. The molecule has 0 bridgehead atoms. The summed E-state index contributed by atoms with van der Waals surface area (Å²) in [7, 11) is -10.7. The van der Waals surface area contributed by atoms with E-state index in [9.17, 15) is 9.13 Å². The van der Waals surface area contributed by atoms with Crippen molar-refractivity contribution in [2.45, 2.75) is 18.5 Å². The van der Waals surface area contributed by atoms with Gasteiger partial charge < -0.3 is 35.1 Å². The maximum Gasteiger partial charge on any atom is 0.483 e. The highest BCUT2D eigenvalue weighted by Crippen LogP contribution is 2.58. The van der Waals surface area contributed by atoms with Gasteiger partial charge in [-0.3, -0.25) is 4.52 Å². The zero-order valence-electron chi connectivity index (χ0n) is 8.10. The fraction of sp³-hybridized carbons (Fsp3) is 1.00. The maximum absolute atomic E-state index is 10.9. The number of hydrogen-bond acceptors (Lipinski definition) is 8. The molecule has 0 aromatic rings. The van der Waals surface area contributed by atoms with Crippen molar-refractivity contribution >= 4 is 15.6 Å². The molecule has 4 atom stereocenters. The summed E-state index contributed by atoms with van der Waals surface area (Å²) in [6.07, 6.45) is -6.57. The minimum absolute atomic E-state index is 0.989. The van der Waals surface area contributed by atoms with Crippen LogP contribution >= 0.6 is 15.6 Å². The standard InChI is InChI=1S/C4H12O11P2/c5-1-2(6)3(7)4(8)14-17(12,13)15-16(9,10)11/h2-8H,1H2,(H,12,13)(H2,9,10,11)/t2-,3+,4?/m1/s1. The van der Waals surface area contributed by atoms with E-state index in [1.54, 1.807) is 0 Å². The number of hydrogen-bond donors (Lipinski definition) is 7. The number of phosphoric ester groups is 1. The lowest BCUT2D eigenvalue weighted by Gasteiger charge is -2.23. The van der Waals surface area contributed by atoms with Gasteiger partial charge in [0.2, 0.25) is 0 Å². The molecule has 0 radical (unpaired) electrons. The topological polar surface area (TPSA) is 194 Å². The first-order valence-electron chi connectivity index (χ1n) is 3.91. The lowest BCUT2D eigenvalue weighted by atomic mass is 10.2. The van der Waals surface area contributed by atoms with Crippen LogP contribution in [0.1, 0.15) is 0 Å². The highest BCUT2D eigenvalue weighted by molar-refractivity contribution is 7.60. The summed E-state index contributed by atoms with van der Waals surface area (Å²) in [5.41, 5.74) is 0. The zero-order valence-corrected chi connectivity index (χ0v) is 9.89. The van der Waals surface area contributed by atoms with Crippen molar-refractivity contribution in [3.63, 3.8) is 0 Å². The molecule has 0 aliphatic carbocycles. The van der Waals surface area contributed by atoms with Gasteiger partial charge in [-0.25, -0.2) is 9.13 Å². The lowest BCUT2D eigenvalue weighted by Crippen LogP contribution is -2.40. The molecule has 104 valence electrons. The molecule has 0 aliphatic heterocycles. The molecule has 0 saturated carbocycles. The predicted octanol–water partition coefficient (Wildman–Crippen LogP) is -2.75. The van der Waals surface area contributed by atoms with Crippen LogP contribution in [-0.2, 0) is 18.0 Å². The van der Waals surface area contributed by atoms with Crippen LogP contribution in [0, 0.1) is 0 Å². The number of aliphatic hydroxyl groups excluding tert-OH is 4. The van der Waals surface area contributed by atoms with Crippen LogP contribution < -0.4 is 0 Å². The monoisotopic (exact) mass is 298 g/mol. The van der Waals surface area contributed by atoms with E-state index < -0.39 is 40.8 Å². The quantitative estimate of drug-likeness (QED) is 0.190. The largest absolute Gasteiger partial charge is 0.483 e. The molecule has 0 aliphatic rings. The van der Waals surface area contributed by atoms with Gasteiger partial charge in [0.05, 0.1) is 6.61 Å². The second-order valence-electron chi connectivity index (χ2n) is 2.78. The van der Waals surface area contributed by atoms with Crippen molar-refractivity contribution in [3.05, 3.63) is 0 Å². The minimum Gasteiger partial charge on any atom is -0.394 e. The summed E-state index contributed by atoms with van der Waals surface area (Å²) in [6.45, 7) is -0.989. The molecule has 0 saturated heterocycles. The zero-order chi connectivity index (χ0) is 13.9. The molecule has 0 spiro atoms. The van der Waals surface area contributed by atoms with Crippen molar-refractivity contribution in [2.75, 3.05) is 6.61 Å². The smallest absolute Gasteiger partial charge is 0.394 e. The number of rotatable bonds is 7. The Hall–Kier alpha value is 0.1000. The van der Waals surface area contributed by atoms with Gasteiger partial charge >= 0.3 is 15.6 Å². The van der Waals surface area contributed by atoms with Gasteiger partial charge in [0, 0.05) is 0 Å². The molecule has 11 nitrogen and oxygen atoms in total. The maximum atomic E-state index is 10.9. The normalized spacial score (nSPS) is 21.6. The van der Waals surface area contributed by atoms with Gasteiger partial charge in [-0.15, -0.1) is 0 Å².